The Hall–Kier alpha value is -1.49. The summed E-state index contributed by atoms with van der Waals surface area (Å²) in [6, 6.07) is 4.29. The highest BCUT2D eigenvalue weighted by molar-refractivity contribution is 5.74. The van der Waals surface area contributed by atoms with E-state index in [9.17, 15) is 4.79 Å². The minimum Gasteiger partial charge on any atom is -0.377 e. The molecule has 2 saturated carbocycles. The molecule has 2 amide bonds. The number of nitrogens with one attached hydrogen (secondary N) is 2. The van der Waals surface area contributed by atoms with Crippen molar-refractivity contribution < 1.29 is 9.53 Å². The molecule has 1 aliphatic heterocycles. The van der Waals surface area contributed by atoms with Crippen molar-refractivity contribution in [1.82, 2.24) is 15.2 Å². The Bertz CT molecular complexity index is 510. The second-order valence-corrected chi connectivity index (χ2v) is 6.63. The van der Waals surface area contributed by atoms with Crippen LogP contribution in [0.25, 0.3) is 0 Å². The number of carbonyl (C=O) groups is 1. The van der Waals surface area contributed by atoms with Crippen LogP contribution in [0, 0.1) is 11.3 Å². The number of aromatic nitrogens is 1. The van der Waals surface area contributed by atoms with Gasteiger partial charge in [-0.25, -0.2) is 4.79 Å². The maximum Gasteiger partial charge on any atom is 0.315 e. The highest BCUT2D eigenvalue weighted by Crippen LogP contribution is 2.62. The third-order valence-corrected chi connectivity index (χ3v) is 5.64. The van der Waals surface area contributed by atoms with Gasteiger partial charge in [-0.05, 0) is 31.4 Å². The topological polar surface area (TPSA) is 55.3 Å². The van der Waals surface area contributed by atoms with Gasteiger partial charge in [0.1, 0.15) is 0 Å². The molecule has 4 rings (SSSR count). The molecule has 1 spiro atoms. The molecule has 1 saturated heterocycles. The summed E-state index contributed by atoms with van der Waals surface area (Å²) < 4.78 is 7.94. The van der Waals surface area contributed by atoms with Crippen LogP contribution in [-0.4, -0.2) is 35.9 Å². The van der Waals surface area contributed by atoms with Crippen molar-refractivity contribution in [3.05, 3.63) is 24.5 Å². The second kappa shape index (κ2) is 5.05. The van der Waals surface area contributed by atoms with Crippen molar-refractivity contribution in [2.24, 2.45) is 11.3 Å². The van der Waals surface area contributed by atoms with E-state index >= 15 is 0 Å². The van der Waals surface area contributed by atoms with E-state index in [1.807, 2.05) is 24.5 Å². The van der Waals surface area contributed by atoms with Gasteiger partial charge >= 0.3 is 6.03 Å². The number of hydrogen-bond donors (Lipinski definition) is 2. The predicted molar refractivity (Wildman–Crippen MR) is 78.9 cm³/mol. The summed E-state index contributed by atoms with van der Waals surface area (Å²) in [6.45, 7) is 2.33. The SMILES string of the molecule is O=C(NCCn1cccc1)NC1C2CCOC2C12CCC2. The first kappa shape index (κ1) is 13.2. The molecule has 1 aromatic rings. The Balaban J connectivity index is 1.28. The molecule has 5 heteroatoms. The van der Waals surface area contributed by atoms with Crippen LogP contribution in [-0.2, 0) is 11.3 Å². The Morgan fingerprint density at radius 2 is 2.14 bits per heavy atom. The molecule has 3 fully saturated rings. The number of nitrogens with zero attached hydrogens (tertiary/aromatic N) is 1. The minimum atomic E-state index is -0.0243. The quantitative estimate of drug-likeness (QED) is 0.887. The second-order valence-electron chi connectivity index (χ2n) is 6.63. The monoisotopic (exact) mass is 289 g/mol. The number of amides is 2. The van der Waals surface area contributed by atoms with Gasteiger partial charge in [0.25, 0.3) is 0 Å². The van der Waals surface area contributed by atoms with Gasteiger partial charge in [-0.2, -0.15) is 0 Å². The summed E-state index contributed by atoms with van der Waals surface area (Å²) in [5, 5.41) is 6.20. The summed E-state index contributed by atoms with van der Waals surface area (Å²) in [5.74, 6) is 0.542. The molecule has 3 aliphatic rings. The number of hydrogen-bond acceptors (Lipinski definition) is 2. The summed E-state index contributed by atoms with van der Waals surface area (Å²) in [5.41, 5.74) is 0.263. The first-order valence-corrected chi connectivity index (χ1v) is 8.06. The number of carbonyl (C=O) groups excluding carboxylic acids is 1. The summed E-state index contributed by atoms with van der Waals surface area (Å²) in [4.78, 5) is 12.1. The fraction of sp³-hybridized carbons (Fsp3) is 0.688. The van der Waals surface area contributed by atoms with E-state index in [1.165, 1.54) is 19.3 Å². The Morgan fingerprint density at radius 1 is 1.33 bits per heavy atom. The van der Waals surface area contributed by atoms with Crippen molar-refractivity contribution in [3.63, 3.8) is 0 Å². The predicted octanol–water partition coefficient (Wildman–Crippen LogP) is 1.74. The van der Waals surface area contributed by atoms with E-state index in [2.05, 4.69) is 15.2 Å². The first-order chi connectivity index (χ1) is 10.3. The molecule has 114 valence electrons. The lowest BCUT2D eigenvalue weighted by molar-refractivity contribution is -0.172. The van der Waals surface area contributed by atoms with Gasteiger partial charge in [-0.3, -0.25) is 0 Å². The molecule has 3 unspecified atom stereocenters. The average Bonchev–Trinajstić information content (AvgIpc) is 3.05. The number of ether oxygens (including phenoxy) is 1. The highest BCUT2D eigenvalue weighted by atomic mass is 16.5. The maximum absolute atomic E-state index is 12.1. The van der Waals surface area contributed by atoms with E-state index in [1.54, 1.807) is 0 Å². The van der Waals surface area contributed by atoms with E-state index < -0.39 is 0 Å². The molecule has 0 bridgehead atoms. The Morgan fingerprint density at radius 3 is 2.86 bits per heavy atom. The lowest BCUT2D eigenvalue weighted by atomic mass is 9.46. The van der Waals surface area contributed by atoms with Crippen LogP contribution in [0.1, 0.15) is 25.7 Å². The molecule has 5 nitrogen and oxygen atoms in total. The molecule has 0 aromatic carbocycles. The molecule has 2 heterocycles. The van der Waals surface area contributed by atoms with Gasteiger partial charge in [0.2, 0.25) is 0 Å². The number of fused-ring (bicyclic) bond motifs is 2. The molecule has 21 heavy (non-hydrogen) atoms. The fourth-order valence-corrected chi connectivity index (χ4v) is 4.47. The van der Waals surface area contributed by atoms with E-state index in [0.717, 1.165) is 19.6 Å². The van der Waals surface area contributed by atoms with Crippen LogP contribution in [0.5, 0.6) is 0 Å². The normalized spacial score (nSPS) is 32.1. The Labute approximate surface area is 125 Å². The third-order valence-electron chi connectivity index (χ3n) is 5.64. The van der Waals surface area contributed by atoms with Gasteiger partial charge in [-0.15, -0.1) is 0 Å². The van der Waals surface area contributed by atoms with Crippen molar-refractivity contribution in [2.45, 2.75) is 44.4 Å². The maximum atomic E-state index is 12.1. The van der Waals surface area contributed by atoms with Crippen LogP contribution in [0.2, 0.25) is 0 Å². The van der Waals surface area contributed by atoms with Crippen molar-refractivity contribution >= 4 is 6.03 Å². The zero-order valence-corrected chi connectivity index (χ0v) is 12.3. The third kappa shape index (κ3) is 2.06. The van der Waals surface area contributed by atoms with Gasteiger partial charge in [-0.1, -0.05) is 6.42 Å². The zero-order chi connectivity index (χ0) is 14.3. The van der Waals surface area contributed by atoms with Crippen LogP contribution in [0.15, 0.2) is 24.5 Å². The van der Waals surface area contributed by atoms with Crippen LogP contribution in [0.3, 0.4) is 0 Å². The highest BCUT2D eigenvalue weighted by Gasteiger charge is 2.66. The molecule has 0 radical (unpaired) electrons. The zero-order valence-electron chi connectivity index (χ0n) is 12.3. The molecule has 3 atom stereocenters. The van der Waals surface area contributed by atoms with Crippen molar-refractivity contribution in [1.29, 1.82) is 0 Å². The van der Waals surface area contributed by atoms with Crippen LogP contribution < -0.4 is 10.6 Å². The lowest BCUT2D eigenvalue weighted by Crippen LogP contribution is -2.72. The van der Waals surface area contributed by atoms with Crippen LogP contribution in [0.4, 0.5) is 4.79 Å². The van der Waals surface area contributed by atoms with Gasteiger partial charge < -0.3 is 19.9 Å². The molecular formula is C16H23N3O2. The number of urea groups is 1. The number of rotatable bonds is 4. The first-order valence-electron chi connectivity index (χ1n) is 8.06. The average molecular weight is 289 g/mol. The fourth-order valence-electron chi connectivity index (χ4n) is 4.47. The van der Waals surface area contributed by atoms with Crippen molar-refractivity contribution in [2.75, 3.05) is 13.2 Å². The Kier molecular flexibility index (Phi) is 3.17. The van der Waals surface area contributed by atoms with Gasteiger partial charge in [0.05, 0.1) is 6.10 Å². The minimum absolute atomic E-state index is 0.0243. The lowest BCUT2D eigenvalue weighted by Gasteiger charge is -2.63. The summed E-state index contributed by atoms with van der Waals surface area (Å²) in [7, 11) is 0. The van der Waals surface area contributed by atoms with Crippen LogP contribution >= 0.6 is 0 Å². The molecular weight excluding hydrogens is 266 g/mol. The van der Waals surface area contributed by atoms with E-state index in [-0.39, 0.29) is 11.4 Å². The summed E-state index contributed by atoms with van der Waals surface area (Å²) >= 11 is 0. The smallest absolute Gasteiger partial charge is 0.315 e. The van der Waals surface area contributed by atoms with Crippen molar-refractivity contribution in [3.8, 4) is 0 Å². The van der Waals surface area contributed by atoms with E-state index in [4.69, 9.17) is 4.74 Å². The van der Waals surface area contributed by atoms with Gasteiger partial charge in [0.15, 0.2) is 0 Å². The summed E-state index contributed by atoms with van der Waals surface area (Å²) in [6.07, 6.45) is 9.23. The van der Waals surface area contributed by atoms with Gasteiger partial charge in [0, 0.05) is 49.5 Å². The molecule has 1 aromatic heterocycles. The largest absolute Gasteiger partial charge is 0.377 e. The standard InChI is InChI=1S/C16H23N3O2/c20-15(17-7-10-19-8-1-2-9-19)18-13-12-4-11-21-14(12)16(13)5-3-6-16/h1-2,8-9,12-14H,3-7,10-11H2,(H2,17,18,20). The molecule has 2 N–H and O–H groups in total. The molecule has 2 aliphatic carbocycles. The van der Waals surface area contributed by atoms with E-state index in [0.29, 0.717) is 24.6 Å².